The third kappa shape index (κ3) is 8.42. The van der Waals surface area contributed by atoms with Gasteiger partial charge in [-0.1, -0.05) is 32.6 Å². The molecular weight excluding hydrogens is 662 g/mol. The first-order valence-electron chi connectivity index (χ1n) is 15.2. The molecule has 0 unspecified atom stereocenters. The Bertz CT molecular complexity index is 1750. The number of alkyl halides is 6. The van der Waals surface area contributed by atoms with Crippen LogP contribution in [0.15, 0.2) is 77.4 Å². The predicted octanol–water partition coefficient (Wildman–Crippen LogP) is 10.1. The standard InChI is InChI=1S/C36H35F8NO4/c1-19(13-25(36(42,43)44)14-20(2)35(39,40)41)31-21(3)45(33(47)49-31)18-24-17-34(4,5)12-11-26(24)22-8-10-29(37)28(15-22)27-9-7-23(16-30(27)38)32(46)48-6/h7-10,13-16,21,31H,1,11-12,17-18H2,2-6H3/b20-14+,25-13+/t21-,31+/m0/s1. The fraction of sp³-hybridized carbons (Fsp3) is 0.389. The molecule has 49 heavy (non-hydrogen) atoms. The van der Waals surface area contributed by atoms with Crippen LogP contribution in [0.2, 0.25) is 0 Å². The minimum absolute atomic E-state index is 0.0135. The van der Waals surface area contributed by atoms with Crippen LogP contribution in [0, 0.1) is 17.0 Å². The lowest BCUT2D eigenvalue weighted by atomic mass is 9.72. The van der Waals surface area contributed by atoms with Gasteiger partial charge in [0.25, 0.3) is 0 Å². The molecule has 0 N–H and O–H groups in total. The van der Waals surface area contributed by atoms with Crippen molar-refractivity contribution in [2.24, 2.45) is 5.41 Å². The summed E-state index contributed by atoms with van der Waals surface area (Å²) >= 11 is 0. The Balaban J connectivity index is 1.69. The van der Waals surface area contributed by atoms with Crippen LogP contribution in [0.3, 0.4) is 0 Å². The Morgan fingerprint density at radius 3 is 2.29 bits per heavy atom. The van der Waals surface area contributed by atoms with Gasteiger partial charge < -0.3 is 9.47 Å². The van der Waals surface area contributed by atoms with Gasteiger partial charge >= 0.3 is 24.4 Å². The summed E-state index contributed by atoms with van der Waals surface area (Å²) in [5.41, 5.74) is -1.74. The Labute approximate surface area is 278 Å². The van der Waals surface area contributed by atoms with E-state index in [1.165, 1.54) is 42.2 Å². The monoisotopic (exact) mass is 697 g/mol. The minimum Gasteiger partial charge on any atom is -0.465 e. The molecule has 0 spiro atoms. The molecule has 2 aromatic carbocycles. The summed E-state index contributed by atoms with van der Waals surface area (Å²) in [5, 5.41) is 0. The van der Waals surface area contributed by atoms with Crippen LogP contribution in [0.25, 0.3) is 16.7 Å². The van der Waals surface area contributed by atoms with Crippen LogP contribution in [0.5, 0.6) is 0 Å². The van der Waals surface area contributed by atoms with Gasteiger partial charge in [-0.3, -0.25) is 4.90 Å². The number of hydrogen-bond acceptors (Lipinski definition) is 4. The van der Waals surface area contributed by atoms with Gasteiger partial charge in [0.1, 0.15) is 17.7 Å². The number of cyclic esters (lactones) is 1. The van der Waals surface area contributed by atoms with Crippen molar-refractivity contribution in [1.29, 1.82) is 0 Å². The lowest BCUT2D eigenvalue weighted by molar-refractivity contribution is -0.0954. The van der Waals surface area contributed by atoms with Crippen LogP contribution in [-0.4, -0.2) is 55.1 Å². The molecule has 1 heterocycles. The first-order valence-corrected chi connectivity index (χ1v) is 15.2. The van der Waals surface area contributed by atoms with E-state index in [9.17, 15) is 35.9 Å². The fourth-order valence-electron chi connectivity index (χ4n) is 6.02. The van der Waals surface area contributed by atoms with Crippen LogP contribution in [-0.2, 0) is 9.47 Å². The normalized spacial score (nSPS) is 20.4. The largest absolute Gasteiger partial charge is 0.465 e. The first kappa shape index (κ1) is 37.4. The number of esters is 1. The number of benzene rings is 2. The summed E-state index contributed by atoms with van der Waals surface area (Å²) in [5.74, 6) is -2.31. The van der Waals surface area contributed by atoms with Crippen molar-refractivity contribution in [3.63, 3.8) is 0 Å². The zero-order chi connectivity index (χ0) is 36.6. The third-order valence-corrected chi connectivity index (χ3v) is 8.77. The highest BCUT2D eigenvalue weighted by Crippen LogP contribution is 2.44. The Hall–Kier alpha value is -4.42. The zero-order valence-corrected chi connectivity index (χ0v) is 27.4. The van der Waals surface area contributed by atoms with Crippen molar-refractivity contribution in [3.8, 4) is 11.1 Å². The molecule has 5 nitrogen and oxygen atoms in total. The van der Waals surface area contributed by atoms with Gasteiger partial charge in [0, 0.05) is 23.2 Å². The van der Waals surface area contributed by atoms with E-state index in [1.807, 2.05) is 13.8 Å². The summed E-state index contributed by atoms with van der Waals surface area (Å²) in [4.78, 5) is 26.2. The van der Waals surface area contributed by atoms with Crippen LogP contribution < -0.4 is 0 Å². The van der Waals surface area contributed by atoms with Crippen molar-refractivity contribution in [2.75, 3.05) is 13.7 Å². The maximum Gasteiger partial charge on any atom is 0.416 e. The van der Waals surface area contributed by atoms with Crippen molar-refractivity contribution < 1.29 is 54.2 Å². The summed E-state index contributed by atoms with van der Waals surface area (Å²) in [6, 6.07) is 6.88. The molecule has 264 valence electrons. The Kier molecular flexibility index (Phi) is 10.6. The summed E-state index contributed by atoms with van der Waals surface area (Å²) in [6.07, 6.45) is -10.1. The molecule has 1 fully saturated rings. The zero-order valence-electron chi connectivity index (χ0n) is 27.4. The van der Waals surface area contributed by atoms with E-state index in [-0.39, 0.29) is 40.3 Å². The molecule has 1 saturated heterocycles. The van der Waals surface area contributed by atoms with Gasteiger partial charge in [-0.05, 0) is 97.2 Å². The fourth-order valence-corrected chi connectivity index (χ4v) is 6.02. The second-order valence-corrected chi connectivity index (χ2v) is 13.0. The Morgan fingerprint density at radius 2 is 1.69 bits per heavy atom. The molecule has 1 aliphatic heterocycles. The van der Waals surface area contributed by atoms with Crippen molar-refractivity contribution in [2.45, 2.75) is 71.5 Å². The van der Waals surface area contributed by atoms with Gasteiger partial charge in [0.05, 0.1) is 24.3 Å². The van der Waals surface area contributed by atoms with Crippen LogP contribution in [0.1, 0.15) is 62.9 Å². The molecule has 13 heteroatoms. The van der Waals surface area contributed by atoms with E-state index in [0.717, 1.165) is 30.7 Å². The van der Waals surface area contributed by atoms with Gasteiger partial charge in [-0.2, -0.15) is 26.3 Å². The molecule has 0 saturated carbocycles. The van der Waals surface area contributed by atoms with Gasteiger partial charge in [-0.25, -0.2) is 18.4 Å². The number of carbonyl (C=O) groups excluding carboxylic acids is 2. The highest BCUT2D eigenvalue weighted by Gasteiger charge is 2.43. The summed E-state index contributed by atoms with van der Waals surface area (Å²) in [7, 11) is 1.15. The van der Waals surface area contributed by atoms with Gasteiger partial charge in [0.2, 0.25) is 0 Å². The molecule has 1 amide bonds. The lowest BCUT2D eigenvalue weighted by Gasteiger charge is -2.35. The molecule has 0 radical (unpaired) electrons. The average molecular weight is 698 g/mol. The quantitative estimate of drug-likeness (QED) is 0.157. The van der Waals surface area contributed by atoms with E-state index in [2.05, 4.69) is 11.3 Å². The summed E-state index contributed by atoms with van der Waals surface area (Å²) < 4.78 is 120. The smallest absolute Gasteiger partial charge is 0.416 e. The minimum atomic E-state index is -5.14. The topological polar surface area (TPSA) is 55.8 Å². The van der Waals surface area contributed by atoms with Crippen LogP contribution >= 0.6 is 0 Å². The molecule has 2 aliphatic rings. The number of nitrogens with zero attached hydrogens (tertiary/aromatic N) is 1. The molecule has 1 aliphatic carbocycles. The molecule has 4 rings (SSSR count). The third-order valence-electron chi connectivity index (χ3n) is 8.77. The maximum absolute atomic E-state index is 15.1. The van der Waals surface area contributed by atoms with E-state index in [4.69, 9.17) is 4.74 Å². The van der Waals surface area contributed by atoms with Gasteiger partial charge in [0.15, 0.2) is 0 Å². The number of carbonyl (C=O) groups is 2. The number of allylic oxidation sites excluding steroid dienone is 4. The van der Waals surface area contributed by atoms with Crippen molar-refractivity contribution in [3.05, 3.63) is 100 Å². The second kappa shape index (κ2) is 13.8. The molecule has 2 aromatic rings. The second-order valence-electron chi connectivity index (χ2n) is 13.0. The van der Waals surface area contributed by atoms with Crippen molar-refractivity contribution >= 4 is 17.6 Å². The number of rotatable bonds is 8. The molecule has 2 atom stereocenters. The summed E-state index contributed by atoms with van der Waals surface area (Å²) in [6.45, 7) is 9.67. The van der Waals surface area contributed by atoms with E-state index < -0.39 is 59.3 Å². The van der Waals surface area contributed by atoms with Crippen LogP contribution in [0.4, 0.5) is 39.9 Å². The van der Waals surface area contributed by atoms with Crippen molar-refractivity contribution in [1.82, 2.24) is 4.90 Å². The number of halogens is 8. The first-order chi connectivity index (χ1) is 22.6. The highest BCUT2D eigenvalue weighted by molar-refractivity contribution is 5.90. The maximum atomic E-state index is 15.1. The number of ether oxygens (including phenoxy) is 2. The lowest BCUT2D eigenvalue weighted by Crippen LogP contribution is -2.37. The number of methoxy groups -OCH3 is 1. The SMILES string of the molecule is C=C(/C=C(\C=C(/C)C(F)(F)F)C(F)(F)F)[C@H]1OC(=O)N(CC2=C(c3ccc(F)c(-c4ccc(C(=O)OC)cc4F)c3)CCC(C)(C)C2)[C@H]1C. The van der Waals surface area contributed by atoms with E-state index in [1.54, 1.807) is 0 Å². The number of hydrogen-bond donors (Lipinski definition) is 0. The Morgan fingerprint density at radius 1 is 1.02 bits per heavy atom. The van der Waals surface area contributed by atoms with E-state index in [0.29, 0.717) is 31.4 Å². The molecule has 0 aromatic heterocycles. The van der Waals surface area contributed by atoms with Gasteiger partial charge in [-0.15, -0.1) is 0 Å². The number of amides is 1. The molecular formula is C36H35F8NO4. The highest BCUT2D eigenvalue weighted by atomic mass is 19.4. The predicted molar refractivity (Wildman–Crippen MR) is 167 cm³/mol. The molecule has 0 bridgehead atoms. The van der Waals surface area contributed by atoms with E-state index >= 15 is 8.78 Å². The average Bonchev–Trinajstić information content (AvgIpc) is 3.28.